The van der Waals surface area contributed by atoms with E-state index in [0.717, 1.165) is 5.69 Å². The number of hydrogen-bond acceptors (Lipinski definition) is 4. The molecule has 0 radical (unpaired) electrons. The van der Waals surface area contributed by atoms with Gasteiger partial charge in [-0.3, -0.25) is 9.59 Å². The summed E-state index contributed by atoms with van der Waals surface area (Å²) in [5, 5.41) is 0. The van der Waals surface area contributed by atoms with Crippen LogP contribution in [0.3, 0.4) is 0 Å². The molecule has 0 amide bonds. The van der Waals surface area contributed by atoms with Gasteiger partial charge in [0.1, 0.15) is 11.4 Å². The summed E-state index contributed by atoms with van der Waals surface area (Å²) in [6.07, 6.45) is 0. The van der Waals surface area contributed by atoms with Gasteiger partial charge in [-0.15, -0.1) is 12.4 Å². The molecule has 0 bridgehead atoms. The van der Waals surface area contributed by atoms with Crippen LogP contribution in [0.1, 0.15) is 82.8 Å². The first-order valence-corrected chi connectivity index (χ1v) is 12.4. The van der Waals surface area contributed by atoms with Crippen LogP contribution >= 0.6 is 12.4 Å². The Morgan fingerprint density at radius 2 is 1.00 bits per heavy atom. The van der Waals surface area contributed by atoms with Crippen molar-refractivity contribution < 1.29 is 25.1 Å². The van der Waals surface area contributed by atoms with Gasteiger partial charge in [0.05, 0.1) is 0 Å². The van der Waals surface area contributed by atoms with Crippen LogP contribution in [-0.2, 0) is 15.5 Å². The van der Waals surface area contributed by atoms with Crippen LogP contribution in [0.2, 0.25) is 0 Å². The van der Waals surface area contributed by atoms with E-state index >= 15 is 0 Å². The topological polar surface area (TPSA) is 59.4 Å². The maximum Gasteiger partial charge on any atom is 0.211 e. The van der Waals surface area contributed by atoms with Crippen LogP contribution < -0.4 is 0 Å². The Balaban J connectivity index is 0.000000280. The maximum atomic E-state index is 12.4. The number of rotatable bonds is 7. The van der Waals surface area contributed by atoms with Gasteiger partial charge in [0.15, 0.2) is 0 Å². The second-order valence-corrected chi connectivity index (χ2v) is 9.20. The van der Waals surface area contributed by atoms with Gasteiger partial charge in [-0.2, -0.15) is 0 Å². The minimum atomic E-state index is -0.191. The minimum absolute atomic E-state index is 0. The largest absolute Gasteiger partial charge is 0.287 e. The molecule has 6 heteroatoms. The third-order valence-corrected chi connectivity index (χ3v) is 5.94. The summed E-state index contributed by atoms with van der Waals surface area (Å²) in [7, 11) is 0. The normalized spacial score (nSPS) is 10.2. The fraction of sp³-hybridized carbons (Fsp3) is 0.194. The number of pyridine rings is 1. The Bertz CT molecular complexity index is 1250. The van der Waals surface area contributed by atoms with Crippen molar-refractivity contribution in [1.29, 1.82) is 0 Å². The first kappa shape index (κ1) is 30.0. The van der Waals surface area contributed by atoms with Gasteiger partial charge in [0.25, 0.3) is 0 Å². The van der Waals surface area contributed by atoms with Gasteiger partial charge < -0.3 is 0 Å². The fourth-order valence-electron chi connectivity index (χ4n) is 3.76. The molecular formula is C31H31ClCoN2O2. The molecule has 0 atom stereocenters. The molecule has 4 rings (SSSR count). The SMILES string of the molecule is CC(C)c1cccc(C(C)C)c1[N]=[Co].Cl.O=C(c1ccccc1)c1cccc(C(=O)c2ccccc2)n1. The first-order chi connectivity index (χ1) is 17.3. The predicted octanol–water partition coefficient (Wildman–Crippen LogP) is 8.26. The van der Waals surface area contributed by atoms with E-state index in [2.05, 4.69) is 70.4 Å². The van der Waals surface area contributed by atoms with Gasteiger partial charge in [-0.05, 0) is 12.1 Å². The number of aromatic nitrogens is 1. The van der Waals surface area contributed by atoms with Crippen LogP contribution in [0.4, 0.5) is 5.69 Å². The van der Waals surface area contributed by atoms with E-state index in [1.807, 2.05) is 12.1 Å². The van der Waals surface area contributed by atoms with Crippen molar-refractivity contribution >= 4 is 29.7 Å². The molecule has 0 aliphatic heterocycles. The molecule has 0 aliphatic rings. The summed E-state index contributed by atoms with van der Waals surface area (Å²) in [4.78, 5) is 29.0. The zero-order valence-corrected chi connectivity index (χ0v) is 23.2. The average molecular weight is 558 g/mol. The Morgan fingerprint density at radius 1 is 0.622 bits per heavy atom. The predicted molar refractivity (Wildman–Crippen MR) is 148 cm³/mol. The Morgan fingerprint density at radius 3 is 1.35 bits per heavy atom. The number of carbonyl (C=O) groups excluding carboxylic acids is 2. The molecule has 0 N–H and O–H groups in total. The molecule has 1 heterocycles. The Kier molecular flexibility index (Phi) is 11.7. The zero-order valence-electron chi connectivity index (χ0n) is 21.3. The van der Waals surface area contributed by atoms with Crippen molar-refractivity contribution in [1.82, 2.24) is 4.98 Å². The summed E-state index contributed by atoms with van der Waals surface area (Å²) >= 11 is 4.11. The second kappa shape index (κ2) is 14.5. The van der Waals surface area contributed by atoms with Crippen LogP contribution in [-0.4, -0.2) is 16.6 Å². The quantitative estimate of drug-likeness (QED) is 0.215. The molecule has 0 unspecified atom stereocenters. The van der Waals surface area contributed by atoms with Crippen molar-refractivity contribution in [3.05, 3.63) is 131 Å². The van der Waals surface area contributed by atoms with Crippen LogP contribution in [0.15, 0.2) is 101 Å². The number of benzene rings is 3. The first-order valence-electron chi connectivity index (χ1n) is 11.9. The van der Waals surface area contributed by atoms with Crippen LogP contribution in [0.5, 0.6) is 0 Å². The Labute approximate surface area is 233 Å². The molecule has 193 valence electrons. The summed E-state index contributed by atoms with van der Waals surface area (Å²) in [5.41, 5.74) is 5.27. The molecule has 0 aliphatic carbocycles. The van der Waals surface area contributed by atoms with Crippen molar-refractivity contribution in [2.24, 2.45) is 4.00 Å². The molecule has 37 heavy (non-hydrogen) atoms. The van der Waals surface area contributed by atoms with Gasteiger partial charge in [-0.25, -0.2) is 4.98 Å². The monoisotopic (exact) mass is 557 g/mol. The maximum absolute atomic E-state index is 12.4. The summed E-state index contributed by atoms with van der Waals surface area (Å²) in [5.74, 6) is 0.614. The molecule has 3 aromatic carbocycles. The smallest absolute Gasteiger partial charge is 0.211 e. The molecule has 1 aromatic heterocycles. The standard InChI is InChI=1S/C19H13NO2.C12H17N.ClH.Co/c21-18(14-8-3-1-4-9-14)16-12-7-13-17(20-16)19(22)15-10-5-2-6-11-15;1-8(2)10-6-5-7-11(9(3)4)12(10)13;;/h1-13H;5-9H,1-4H3;1H;. The van der Waals surface area contributed by atoms with E-state index in [-0.39, 0.29) is 35.4 Å². The Hall–Kier alpha value is -3.25. The summed E-state index contributed by atoms with van der Waals surface area (Å²) < 4.78 is 4.10. The molecule has 4 aromatic rings. The van der Waals surface area contributed by atoms with Gasteiger partial charge in [0, 0.05) is 11.1 Å². The summed E-state index contributed by atoms with van der Waals surface area (Å²) in [6, 6.07) is 29.1. The van der Waals surface area contributed by atoms with Crippen molar-refractivity contribution in [2.45, 2.75) is 39.5 Å². The second-order valence-electron chi connectivity index (χ2n) is 8.97. The van der Waals surface area contributed by atoms with E-state index < -0.39 is 0 Å². The van der Waals surface area contributed by atoms with E-state index in [0.29, 0.717) is 23.0 Å². The number of hydrogen-bond donors (Lipinski definition) is 0. The summed E-state index contributed by atoms with van der Waals surface area (Å²) in [6.45, 7) is 8.73. The van der Waals surface area contributed by atoms with E-state index in [9.17, 15) is 9.59 Å². The van der Waals surface area contributed by atoms with Crippen molar-refractivity contribution in [3.63, 3.8) is 0 Å². The molecule has 0 saturated carbocycles. The van der Waals surface area contributed by atoms with E-state index in [4.69, 9.17) is 0 Å². The molecule has 4 nitrogen and oxygen atoms in total. The van der Waals surface area contributed by atoms with Gasteiger partial charge in [-0.1, -0.05) is 66.7 Å². The van der Waals surface area contributed by atoms with E-state index in [1.54, 1.807) is 66.7 Å². The average Bonchev–Trinajstić information content (AvgIpc) is 2.93. The molecule has 0 spiro atoms. The van der Waals surface area contributed by atoms with Crippen LogP contribution in [0.25, 0.3) is 0 Å². The van der Waals surface area contributed by atoms with Crippen molar-refractivity contribution in [2.75, 3.05) is 0 Å². The number of carbonyl (C=O) groups is 2. The zero-order chi connectivity index (χ0) is 26.1. The third-order valence-electron chi connectivity index (χ3n) is 5.70. The number of ketones is 2. The fourth-order valence-corrected chi connectivity index (χ4v) is 4.03. The van der Waals surface area contributed by atoms with Crippen molar-refractivity contribution in [3.8, 4) is 0 Å². The molecular weight excluding hydrogens is 527 g/mol. The minimum Gasteiger partial charge on any atom is -0.287 e. The number of halogens is 1. The molecule has 0 saturated heterocycles. The molecule has 0 fully saturated rings. The van der Waals surface area contributed by atoms with E-state index in [1.165, 1.54) is 11.1 Å². The van der Waals surface area contributed by atoms with Gasteiger partial charge in [0.2, 0.25) is 11.6 Å². The number of nitrogens with zero attached hydrogens (tertiary/aromatic N) is 2. The van der Waals surface area contributed by atoms with Crippen LogP contribution in [0, 0.1) is 0 Å². The third kappa shape index (κ3) is 7.86. The van der Waals surface area contributed by atoms with Gasteiger partial charge >= 0.3 is 94.1 Å².